The molecule has 0 saturated heterocycles. The summed E-state index contributed by atoms with van der Waals surface area (Å²) in [5.74, 6) is 0. The Morgan fingerprint density at radius 1 is 0.824 bits per heavy atom. The molecule has 2 aromatic carbocycles. The van der Waals surface area contributed by atoms with E-state index in [1.807, 2.05) is 30.3 Å². The minimum Gasteiger partial charge on any atom is -0.224 e. The Labute approximate surface area is 102 Å². The Morgan fingerprint density at radius 2 is 1.35 bits per heavy atom. The molecule has 0 unspecified atom stereocenters. The number of sulfone groups is 1. The summed E-state index contributed by atoms with van der Waals surface area (Å²) in [4.78, 5) is 0.370. The van der Waals surface area contributed by atoms with Crippen LogP contribution in [0.1, 0.15) is 11.1 Å². The van der Waals surface area contributed by atoms with Crippen LogP contribution >= 0.6 is 0 Å². The Morgan fingerprint density at radius 3 is 1.88 bits per heavy atom. The standard InChI is InChI=1S/C14H14O2S/c1-17(15,16)14-9-7-13(8-10-14)11-12-5-3-2-4-6-12/h2-10H,11H2,1H3. The van der Waals surface area contributed by atoms with Gasteiger partial charge in [0.05, 0.1) is 4.90 Å². The number of benzene rings is 2. The molecule has 2 aromatic rings. The summed E-state index contributed by atoms with van der Waals surface area (Å²) in [5.41, 5.74) is 2.34. The molecule has 0 bridgehead atoms. The van der Waals surface area contributed by atoms with Gasteiger partial charge in [-0.05, 0) is 29.7 Å². The van der Waals surface area contributed by atoms with Crippen molar-refractivity contribution in [3.05, 3.63) is 65.7 Å². The van der Waals surface area contributed by atoms with E-state index < -0.39 is 9.84 Å². The lowest BCUT2D eigenvalue weighted by atomic mass is 10.1. The Kier molecular flexibility index (Phi) is 3.29. The van der Waals surface area contributed by atoms with Crippen LogP contribution in [0.3, 0.4) is 0 Å². The van der Waals surface area contributed by atoms with Crippen molar-refractivity contribution in [2.24, 2.45) is 0 Å². The predicted molar refractivity (Wildman–Crippen MR) is 68.8 cm³/mol. The number of hydrogen-bond donors (Lipinski definition) is 0. The Balaban J connectivity index is 2.20. The van der Waals surface area contributed by atoms with E-state index in [4.69, 9.17) is 0 Å². The maximum absolute atomic E-state index is 11.3. The highest BCUT2D eigenvalue weighted by Gasteiger charge is 2.05. The zero-order valence-corrected chi connectivity index (χ0v) is 10.4. The van der Waals surface area contributed by atoms with E-state index in [1.54, 1.807) is 12.1 Å². The Bertz CT molecular complexity index is 584. The van der Waals surface area contributed by atoms with Crippen LogP contribution in [0.2, 0.25) is 0 Å². The average molecular weight is 246 g/mol. The summed E-state index contributed by atoms with van der Waals surface area (Å²) in [6, 6.07) is 17.2. The van der Waals surface area contributed by atoms with Gasteiger partial charge < -0.3 is 0 Å². The molecule has 0 saturated carbocycles. The normalized spacial score (nSPS) is 11.4. The molecule has 0 N–H and O–H groups in total. The fraction of sp³-hybridized carbons (Fsp3) is 0.143. The summed E-state index contributed by atoms with van der Waals surface area (Å²) in [6.45, 7) is 0. The molecule has 0 aliphatic rings. The second-order valence-electron chi connectivity index (χ2n) is 4.08. The molecule has 88 valence electrons. The first-order valence-electron chi connectivity index (χ1n) is 5.38. The minimum atomic E-state index is -3.09. The van der Waals surface area contributed by atoms with Gasteiger partial charge in [-0.15, -0.1) is 0 Å². The predicted octanol–water partition coefficient (Wildman–Crippen LogP) is 2.68. The minimum absolute atomic E-state index is 0.370. The first kappa shape index (κ1) is 11.9. The molecule has 0 heterocycles. The molecule has 0 aliphatic carbocycles. The number of hydrogen-bond acceptors (Lipinski definition) is 2. The fourth-order valence-electron chi connectivity index (χ4n) is 1.69. The molecule has 0 atom stereocenters. The fourth-order valence-corrected chi connectivity index (χ4v) is 2.32. The van der Waals surface area contributed by atoms with Crippen molar-refractivity contribution in [2.45, 2.75) is 11.3 Å². The summed E-state index contributed by atoms with van der Waals surface area (Å²) in [6.07, 6.45) is 2.05. The van der Waals surface area contributed by atoms with Gasteiger partial charge in [0, 0.05) is 6.26 Å². The summed E-state index contributed by atoms with van der Waals surface area (Å²) in [5, 5.41) is 0. The van der Waals surface area contributed by atoms with Gasteiger partial charge in [-0.3, -0.25) is 0 Å². The molecule has 0 spiro atoms. The Hall–Kier alpha value is -1.61. The van der Waals surface area contributed by atoms with Gasteiger partial charge in [0.15, 0.2) is 9.84 Å². The molecule has 0 fully saturated rings. The van der Waals surface area contributed by atoms with Crippen LogP contribution in [-0.2, 0) is 16.3 Å². The van der Waals surface area contributed by atoms with E-state index in [-0.39, 0.29) is 0 Å². The van der Waals surface area contributed by atoms with E-state index in [2.05, 4.69) is 12.1 Å². The van der Waals surface area contributed by atoms with Crippen molar-refractivity contribution >= 4 is 9.84 Å². The van der Waals surface area contributed by atoms with Crippen molar-refractivity contribution in [1.29, 1.82) is 0 Å². The van der Waals surface area contributed by atoms with E-state index in [0.29, 0.717) is 4.90 Å². The molecular weight excluding hydrogens is 232 g/mol. The van der Waals surface area contributed by atoms with Crippen LogP contribution in [0.4, 0.5) is 0 Å². The third-order valence-corrected chi connectivity index (χ3v) is 3.73. The lowest BCUT2D eigenvalue weighted by Gasteiger charge is -2.03. The third kappa shape index (κ3) is 3.17. The molecule has 0 amide bonds. The van der Waals surface area contributed by atoms with Crippen LogP contribution < -0.4 is 0 Å². The monoisotopic (exact) mass is 246 g/mol. The molecule has 0 aliphatic heterocycles. The van der Waals surface area contributed by atoms with Gasteiger partial charge in [-0.2, -0.15) is 0 Å². The van der Waals surface area contributed by atoms with Gasteiger partial charge >= 0.3 is 0 Å². The van der Waals surface area contributed by atoms with Gasteiger partial charge in [0.2, 0.25) is 0 Å². The zero-order chi connectivity index (χ0) is 12.3. The van der Waals surface area contributed by atoms with E-state index in [1.165, 1.54) is 11.8 Å². The van der Waals surface area contributed by atoms with Crippen LogP contribution in [0, 0.1) is 0 Å². The molecule has 0 aromatic heterocycles. The third-order valence-electron chi connectivity index (χ3n) is 2.60. The zero-order valence-electron chi connectivity index (χ0n) is 9.63. The average Bonchev–Trinajstić information content (AvgIpc) is 2.30. The summed E-state index contributed by atoms with van der Waals surface area (Å²) < 4.78 is 22.6. The van der Waals surface area contributed by atoms with E-state index in [9.17, 15) is 8.42 Å². The lowest BCUT2D eigenvalue weighted by molar-refractivity contribution is 0.602. The van der Waals surface area contributed by atoms with Gasteiger partial charge in [0.1, 0.15) is 0 Å². The largest absolute Gasteiger partial charge is 0.224 e. The molecule has 0 radical (unpaired) electrons. The summed E-state index contributed by atoms with van der Waals surface area (Å²) in [7, 11) is -3.09. The smallest absolute Gasteiger partial charge is 0.175 e. The van der Waals surface area contributed by atoms with Crippen LogP contribution in [-0.4, -0.2) is 14.7 Å². The molecular formula is C14H14O2S. The topological polar surface area (TPSA) is 34.1 Å². The molecule has 2 nitrogen and oxygen atoms in total. The van der Waals surface area contributed by atoms with Crippen molar-refractivity contribution in [1.82, 2.24) is 0 Å². The van der Waals surface area contributed by atoms with Crippen molar-refractivity contribution < 1.29 is 8.42 Å². The maximum atomic E-state index is 11.3. The van der Waals surface area contributed by atoms with Crippen LogP contribution in [0.15, 0.2) is 59.5 Å². The molecule has 2 rings (SSSR count). The SMILES string of the molecule is CS(=O)(=O)c1ccc(Cc2ccccc2)cc1. The van der Waals surface area contributed by atoms with Crippen LogP contribution in [0.25, 0.3) is 0 Å². The van der Waals surface area contributed by atoms with E-state index in [0.717, 1.165) is 12.0 Å². The summed E-state index contributed by atoms with van der Waals surface area (Å²) >= 11 is 0. The van der Waals surface area contributed by atoms with Crippen molar-refractivity contribution in [3.8, 4) is 0 Å². The van der Waals surface area contributed by atoms with Gasteiger partial charge in [-0.25, -0.2) is 8.42 Å². The lowest BCUT2D eigenvalue weighted by Crippen LogP contribution is -1.97. The number of rotatable bonds is 3. The van der Waals surface area contributed by atoms with Crippen LogP contribution in [0.5, 0.6) is 0 Å². The van der Waals surface area contributed by atoms with Crippen molar-refractivity contribution in [2.75, 3.05) is 6.26 Å². The highest BCUT2D eigenvalue weighted by Crippen LogP contribution is 2.13. The molecule has 17 heavy (non-hydrogen) atoms. The highest BCUT2D eigenvalue weighted by molar-refractivity contribution is 7.90. The highest BCUT2D eigenvalue weighted by atomic mass is 32.2. The maximum Gasteiger partial charge on any atom is 0.175 e. The first-order chi connectivity index (χ1) is 8.05. The second-order valence-corrected chi connectivity index (χ2v) is 6.09. The van der Waals surface area contributed by atoms with Gasteiger partial charge in [-0.1, -0.05) is 42.5 Å². The molecule has 3 heteroatoms. The first-order valence-corrected chi connectivity index (χ1v) is 7.28. The quantitative estimate of drug-likeness (QED) is 0.834. The second kappa shape index (κ2) is 4.72. The van der Waals surface area contributed by atoms with Crippen molar-refractivity contribution in [3.63, 3.8) is 0 Å². The van der Waals surface area contributed by atoms with E-state index >= 15 is 0 Å². The van der Waals surface area contributed by atoms with Gasteiger partial charge in [0.25, 0.3) is 0 Å².